The number of carbonyl (C=O) groups is 1. The van der Waals surface area contributed by atoms with Crippen molar-refractivity contribution in [3.63, 3.8) is 0 Å². The molecule has 0 spiro atoms. The van der Waals surface area contributed by atoms with Gasteiger partial charge in [0, 0.05) is 0 Å². The predicted octanol–water partition coefficient (Wildman–Crippen LogP) is 3.20. The fraction of sp³-hybridized carbons (Fsp3) is 0.167. The molecule has 2 aromatic rings. The first-order chi connectivity index (χ1) is 8.08. The molecule has 0 aliphatic carbocycles. The first-order valence-electron chi connectivity index (χ1n) is 5.04. The van der Waals surface area contributed by atoms with Crippen molar-refractivity contribution < 1.29 is 9.21 Å². The van der Waals surface area contributed by atoms with Crippen molar-refractivity contribution in [1.29, 1.82) is 0 Å². The van der Waals surface area contributed by atoms with Gasteiger partial charge in [0.2, 0.25) is 5.76 Å². The molecular formula is C12H11ClN2O2. The molecule has 4 nitrogen and oxygen atoms in total. The number of hydrogen-bond acceptors (Lipinski definition) is 3. The van der Waals surface area contributed by atoms with Crippen LogP contribution >= 0.6 is 11.6 Å². The predicted molar refractivity (Wildman–Crippen MR) is 65.4 cm³/mol. The maximum Gasteiger partial charge on any atom is 0.293 e. The van der Waals surface area contributed by atoms with Crippen LogP contribution in [0, 0.1) is 13.8 Å². The number of rotatable bonds is 2. The molecule has 0 atom stereocenters. The summed E-state index contributed by atoms with van der Waals surface area (Å²) in [5, 5.41) is 3.21. The monoisotopic (exact) mass is 250 g/mol. The number of aromatic nitrogens is 1. The molecule has 1 N–H and O–H groups in total. The average Bonchev–Trinajstić information content (AvgIpc) is 2.76. The van der Waals surface area contributed by atoms with Crippen molar-refractivity contribution in [2.45, 2.75) is 13.8 Å². The lowest BCUT2D eigenvalue weighted by molar-refractivity contribution is 0.0996. The van der Waals surface area contributed by atoms with E-state index in [-0.39, 0.29) is 11.7 Å². The van der Waals surface area contributed by atoms with Gasteiger partial charge in [-0.1, -0.05) is 17.7 Å². The van der Waals surface area contributed by atoms with Crippen molar-refractivity contribution in [3.05, 3.63) is 46.6 Å². The number of anilines is 1. The van der Waals surface area contributed by atoms with Crippen molar-refractivity contribution in [1.82, 2.24) is 4.98 Å². The van der Waals surface area contributed by atoms with Crippen molar-refractivity contribution in [2.24, 2.45) is 0 Å². The average molecular weight is 251 g/mol. The number of amides is 1. The summed E-state index contributed by atoms with van der Waals surface area (Å²) >= 11 is 6.08. The summed E-state index contributed by atoms with van der Waals surface area (Å²) in [7, 11) is 0. The molecule has 88 valence electrons. The van der Waals surface area contributed by atoms with Gasteiger partial charge >= 0.3 is 0 Å². The lowest BCUT2D eigenvalue weighted by Gasteiger charge is -2.10. The molecule has 1 aromatic heterocycles. The fourth-order valence-corrected chi connectivity index (χ4v) is 1.95. The molecule has 0 bridgehead atoms. The highest BCUT2D eigenvalue weighted by atomic mass is 35.5. The summed E-state index contributed by atoms with van der Waals surface area (Å²) in [6.45, 7) is 3.83. The van der Waals surface area contributed by atoms with Gasteiger partial charge in [-0.2, -0.15) is 0 Å². The Hall–Kier alpha value is -1.81. The van der Waals surface area contributed by atoms with Gasteiger partial charge in [0.25, 0.3) is 5.91 Å². The number of benzene rings is 1. The van der Waals surface area contributed by atoms with Crippen molar-refractivity contribution in [2.75, 3.05) is 5.32 Å². The Morgan fingerprint density at radius 1 is 1.41 bits per heavy atom. The first-order valence-corrected chi connectivity index (χ1v) is 5.42. The second kappa shape index (κ2) is 4.59. The molecule has 0 saturated carbocycles. The number of aryl methyl sites for hydroxylation is 2. The highest BCUT2D eigenvalue weighted by molar-refractivity contribution is 6.34. The largest absolute Gasteiger partial charge is 0.438 e. The SMILES string of the molecule is Cc1cc(C)c(NC(=O)c2cnco2)c(Cl)c1. The molecule has 1 heterocycles. The quantitative estimate of drug-likeness (QED) is 0.891. The van der Waals surface area contributed by atoms with Gasteiger partial charge in [-0.3, -0.25) is 4.79 Å². The number of oxazole rings is 1. The van der Waals surface area contributed by atoms with E-state index in [0.717, 1.165) is 11.1 Å². The van der Waals surface area contributed by atoms with Gasteiger partial charge in [0.1, 0.15) is 0 Å². The van der Waals surface area contributed by atoms with Crippen molar-refractivity contribution in [3.8, 4) is 0 Å². The van der Waals surface area contributed by atoms with E-state index in [1.807, 2.05) is 19.9 Å². The Morgan fingerprint density at radius 2 is 2.18 bits per heavy atom. The summed E-state index contributed by atoms with van der Waals surface area (Å²) in [4.78, 5) is 15.4. The molecule has 2 rings (SSSR count). The number of carbonyl (C=O) groups excluding carboxylic acids is 1. The van der Waals surface area contributed by atoms with Crippen LogP contribution in [0.15, 0.2) is 29.1 Å². The van der Waals surface area contributed by atoms with Gasteiger partial charge in [-0.05, 0) is 31.0 Å². The van der Waals surface area contributed by atoms with E-state index in [1.54, 1.807) is 6.07 Å². The molecule has 0 aliphatic rings. The molecule has 0 aliphatic heterocycles. The fourth-order valence-electron chi connectivity index (χ4n) is 1.58. The Balaban J connectivity index is 2.28. The third-order valence-corrected chi connectivity index (χ3v) is 2.62. The van der Waals surface area contributed by atoms with E-state index < -0.39 is 0 Å². The van der Waals surface area contributed by atoms with Gasteiger partial charge in [-0.25, -0.2) is 4.98 Å². The molecule has 5 heteroatoms. The minimum Gasteiger partial charge on any atom is -0.438 e. The normalized spacial score (nSPS) is 10.3. The molecule has 0 radical (unpaired) electrons. The maximum atomic E-state index is 11.8. The molecular weight excluding hydrogens is 240 g/mol. The van der Waals surface area contributed by atoms with E-state index in [4.69, 9.17) is 16.0 Å². The van der Waals surface area contributed by atoms with Crippen LogP contribution in [0.25, 0.3) is 0 Å². The van der Waals surface area contributed by atoms with E-state index >= 15 is 0 Å². The van der Waals surface area contributed by atoms with Crippen LogP contribution in [-0.2, 0) is 0 Å². The molecule has 17 heavy (non-hydrogen) atoms. The summed E-state index contributed by atoms with van der Waals surface area (Å²) < 4.78 is 4.90. The molecule has 1 aromatic carbocycles. The second-order valence-corrected chi connectivity index (χ2v) is 4.17. The highest BCUT2D eigenvalue weighted by Crippen LogP contribution is 2.27. The zero-order valence-electron chi connectivity index (χ0n) is 9.45. The third kappa shape index (κ3) is 2.47. The molecule has 1 amide bonds. The van der Waals surface area contributed by atoms with Crippen LogP contribution in [0.5, 0.6) is 0 Å². The Kier molecular flexibility index (Phi) is 3.15. The zero-order valence-corrected chi connectivity index (χ0v) is 10.2. The number of nitrogens with one attached hydrogen (secondary N) is 1. The number of hydrogen-bond donors (Lipinski definition) is 1. The maximum absolute atomic E-state index is 11.8. The van der Waals surface area contributed by atoms with E-state index in [1.165, 1.54) is 12.6 Å². The van der Waals surface area contributed by atoms with Crippen LogP contribution in [0.2, 0.25) is 5.02 Å². The minimum atomic E-state index is -0.364. The lowest BCUT2D eigenvalue weighted by Crippen LogP contribution is -2.12. The molecule has 0 saturated heterocycles. The molecule has 0 fully saturated rings. The number of halogens is 1. The minimum absolute atomic E-state index is 0.154. The van der Waals surface area contributed by atoms with Gasteiger partial charge < -0.3 is 9.73 Å². The summed E-state index contributed by atoms with van der Waals surface area (Å²) in [6, 6.07) is 3.74. The van der Waals surface area contributed by atoms with Crippen LogP contribution in [0.1, 0.15) is 21.7 Å². The second-order valence-electron chi connectivity index (χ2n) is 3.76. The standard InChI is InChI=1S/C12H11ClN2O2/c1-7-3-8(2)11(9(13)4-7)15-12(16)10-5-14-6-17-10/h3-6H,1-2H3,(H,15,16). The molecule has 0 unspecified atom stereocenters. The smallest absolute Gasteiger partial charge is 0.293 e. The lowest BCUT2D eigenvalue weighted by atomic mass is 10.1. The van der Waals surface area contributed by atoms with Gasteiger partial charge in [-0.15, -0.1) is 0 Å². The van der Waals surface area contributed by atoms with Crippen LogP contribution in [0.4, 0.5) is 5.69 Å². The highest BCUT2D eigenvalue weighted by Gasteiger charge is 2.13. The van der Waals surface area contributed by atoms with Crippen LogP contribution in [0.3, 0.4) is 0 Å². The summed E-state index contributed by atoms with van der Waals surface area (Å²) in [5.41, 5.74) is 2.55. The summed E-state index contributed by atoms with van der Waals surface area (Å²) in [6.07, 6.45) is 2.56. The van der Waals surface area contributed by atoms with Gasteiger partial charge in [0.05, 0.1) is 16.9 Å². The zero-order chi connectivity index (χ0) is 12.4. The van der Waals surface area contributed by atoms with Crippen molar-refractivity contribution >= 4 is 23.2 Å². The van der Waals surface area contributed by atoms with E-state index in [2.05, 4.69) is 10.3 Å². The van der Waals surface area contributed by atoms with E-state index in [9.17, 15) is 4.79 Å². The van der Waals surface area contributed by atoms with Crippen LogP contribution < -0.4 is 5.32 Å². The summed E-state index contributed by atoms with van der Waals surface area (Å²) in [5.74, 6) is -0.211. The third-order valence-electron chi connectivity index (χ3n) is 2.33. The topological polar surface area (TPSA) is 55.1 Å². The van der Waals surface area contributed by atoms with Gasteiger partial charge in [0.15, 0.2) is 6.39 Å². The number of nitrogens with zero attached hydrogens (tertiary/aromatic N) is 1. The Morgan fingerprint density at radius 3 is 2.76 bits per heavy atom. The Bertz CT molecular complexity index is 527. The Labute approximate surface area is 104 Å². The van der Waals surface area contributed by atoms with E-state index in [0.29, 0.717) is 10.7 Å². The first kappa shape index (κ1) is 11.7. The van der Waals surface area contributed by atoms with Crippen LogP contribution in [-0.4, -0.2) is 10.9 Å².